The summed E-state index contributed by atoms with van der Waals surface area (Å²) < 4.78 is 0. The molecular formula is C25H46O. The highest BCUT2D eigenvalue weighted by atomic mass is 16.3. The molecule has 3 aliphatic carbocycles. The average molecular weight is 363 g/mol. The van der Waals surface area contributed by atoms with Crippen LogP contribution in [0, 0.1) is 17.8 Å². The first kappa shape index (κ1) is 23.5. The standard InChI is InChI=1S/C9H18O.2C8H14/c1-2-8-5-3-4-6-9(8)7-10;2*1-2-8-6-4-3-5-7-8/h8-10H,2-7H2,1H3;6H,2-5,7H2,1H3;4,6,8H,2-3,5,7H2,1H3. The smallest absolute Gasteiger partial charge is 0.0461 e. The minimum Gasteiger partial charge on any atom is -0.396 e. The zero-order valence-electron chi connectivity index (χ0n) is 18.0. The van der Waals surface area contributed by atoms with E-state index in [1.54, 1.807) is 5.57 Å². The van der Waals surface area contributed by atoms with E-state index in [0.29, 0.717) is 12.5 Å². The number of aliphatic hydroxyl groups excluding tert-OH is 1. The summed E-state index contributed by atoms with van der Waals surface area (Å²) in [5.74, 6) is 2.35. The van der Waals surface area contributed by atoms with E-state index < -0.39 is 0 Å². The molecule has 26 heavy (non-hydrogen) atoms. The molecule has 0 bridgehead atoms. The van der Waals surface area contributed by atoms with Gasteiger partial charge in [0.2, 0.25) is 0 Å². The number of hydrogen-bond acceptors (Lipinski definition) is 1. The highest BCUT2D eigenvalue weighted by Gasteiger charge is 2.22. The van der Waals surface area contributed by atoms with E-state index >= 15 is 0 Å². The molecule has 0 aromatic rings. The van der Waals surface area contributed by atoms with Crippen molar-refractivity contribution in [1.29, 1.82) is 0 Å². The quantitative estimate of drug-likeness (QED) is 0.505. The molecule has 3 atom stereocenters. The van der Waals surface area contributed by atoms with Crippen LogP contribution in [-0.4, -0.2) is 11.7 Å². The Balaban J connectivity index is 0.000000197. The lowest BCUT2D eigenvalue weighted by molar-refractivity contribution is 0.132. The SMILES string of the molecule is CCC1=CCCCC1.CCC1C=CCCC1.CCC1CCCCC1CO. The molecule has 0 spiro atoms. The van der Waals surface area contributed by atoms with Gasteiger partial charge in [-0.25, -0.2) is 0 Å². The Kier molecular flexibility index (Phi) is 14.0. The average Bonchev–Trinajstić information content (AvgIpc) is 2.75. The zero-order valence-corrected chi connectivity index (χ0v) is 18.0. The van der Waals surface area contributed by atoms with Crippen molar-refractivity contribution in [3.63, 3.8) is 0 Å². The van der Waals surface area contributed by atoms with Gasteiger partial charge >= 0.3 is 0 Å². The number of allylic oxidation sites excluding steroid dienone is 4. The van der Waals surface area contributed by atoms with Crippen LogP contribution in [0.4, 0.5) is 0 Å². The number of rotatable bonds is 4. The zero-order chi connectivity index (χ0) is 19.0. The molecule has 3 aliphatic rings. The van der Waals surface area contributed by atoms with Gasteiger partial charge in [0.1, 0.15) is 0 Å². The Hall–Kier alpha value is -0.560. The van der Waals surface area contributed by atoms with Crippen LogP contribution in [0.25, 0.3) is 0 Å². The molecule has 1 fully saturated rings. The third-order valence-corrected chi connectivity index (χ3v) is 6.54. The van der Waals surface area contributed by atoms with Crippen LogP contribution < -0.4 is 0 Å². The van der Waals surface area contributed by atoms with Crippen molar-refractivity contribution in [2.45, 2.75) is 111 Å². The molecule has 1 heteroatoms. The van der Waals surface area contributed by atoms with Crippen LogP contribution >= 0.6 is 0 Å². The van der Waals surface area contributed by atoms with Gasteiger partial charge in [-0.15, -0.1) is 0 Å². The minimum absolute atomic E-state index is 0.415. The number of aliphatic hydroxyl groups is 1. The summed E-state index contributed by atoms with van der Waals surface area (Å²) in [6, 6.07) is 0. The van der Waals surface area contributed by atoms with Crippen LogP contribution in [0.15, 0.2) is 23.8 Å². The Morgan fingerprint density at radius 1 is 0.846 bits per heavy atom. The molecule has 1 nitrogen and oxygen atoms in total. The summed E-state index contributed by atoms with van der Waals surface area (Å²) in [5, 5.41) is 8.99. The van der Waals surface area contributed by atoms with Gasteiger partial charge in [0, 0.05) is 6.61 Å². The highest BCUT2D eigenvalue weighted by molar-refractivity contribution is 5.03. The van der Waals surface area contributed by atoms with Gasteiger partial charge in [-0.2, -0.15) is 0 Å². The van der Waals surface area contributed by atoms with E-state index in [1.807, 2.05) is 0 Å². The van der Waals surface area contributed by atoms with Crippen LogP contribution in [0.5, 0.6) is 0 Å². The first-order valence-electron chi connectivity index (χ1n) is 11.7. The van der Waals surface area contributed by atoms with Crippen LogP contribution in [-0.2, 0) is 0 Å². The van der Waals surface area contributed by atoms with Crippen molar-refractivity contribution in [1.82, 2.24) is 0 Å². The highest BCUT2D eigenvalue weighted by Crippen LogP contribution is 2.31. The molecule has 0 amide bonds. The molecule has 0 aliphatic heterocycles. The maximum absolute atomic E-state index is 8.99. The van der Waals surface area contributed by atoms with Crippen molar-refractivity contribution in [2.75, 3.05) is 6.61 Å². The fourth-order valence-electron chi connectivity index (χ4n) is 4.51. The summed E-state index contributed by atoms with van der Waals surface area (Å²) in [5.41, 5.74) is 1.68. The molecule has 0 radical (unpaired) electrons. The Labute approximate surface area is 164 Å². The summed E-state index contributed by atoms with van der Waals surface area (Å²) in [4.78, 5) is 0. The Morgan fingerprint density at radius 3 is 2.00 bits per heavy atom. The van der Waals surface area contributed by atoms with Gasteiger partial charge in [0.05, 0.1) is 0 Å². The lowest BCUT2D eigenvalue weighted by Crippen LogP contribution is -2.21. The van der Waals surface area contributed by atoms with Crippen LogP contribution in [0.2, 0.25) is 0 Å². The van der Waals surface area contributed by atoms with Crippen LogP contribution in [0.3, 0.4) is 0 Å². The van der Waals surface area contributed by atoms with E-state index in [9.17, 15) is 0 Å². The molecule has 0 heterocycles. The van der Waals surface area contributed by atoms with Crippen LogP contribution in [0.1, 0.15) is 111 Å². The van der Waals surface area contributed by atoms with Gasteiger partial charge in [0.25, 0.3) is 0 Å². The molecule has 3 unspecified atom stereocenters. The fourth-order valence-corrected chi connectivity index (χ4v) is 4.51. The molecule has 3 rings (SSSR count). The number of hydrogen-bond donors (Lipinski definition) is 1. The van der Waals surface area contributed by atoms with E-state index in [-0.39, 0.29) is 0 Å². The molecule has 0 saturated heterocycles. The van der Waals surface area contributed by atoms with Gasteiger partial charge in [0.15, 0.2) is 0 Å². The second-order valence-electron chi connectivity index (χ2n) is 8.38. The molecule has 0 aromatic heterocycles. The lowest BCUT2D eigenvalue weighted by atomic mass is 9.78. The monoisotopic (exact) mass is 362 g/mol. The maximum Gasteiger partial charge on any atom is 0.0461 e. The topological polar surface area (TPSA) is 20.2 Å². The third kappa shape index (κ3) is 9.95. The van der Waals surface area contributed by atoms with Gasteiger partial charge in [-0.05, 0) is 82.0 Å². The normalized spacial score (nSPS) is 28.2. The van der Waals surface area contributed by atoms with E-state index in [1.165, 1.54) is 89.9 Å². The van der Waals surface area contributed by atoms with Gasteiger partial charge < -0.3 is 5.11 Å². The Morgan fingerprint density at radius 2 is 1.62 bits per heavy atom. The van der Waals surface area contributed by atoms with Crippen molar-refractivity contribution >= 4 is 0 Å². The fraction of sp³-hybridized carbons (Fsp3) is 0.840. The molecule has 152 valence electrons. The predicted molar refractivity (Wildman–Crippen MR) is 116 cm³/mol. The minimum atomic E-state index is 0.415. The van der Waals surface area contributed by atoms with Crippen molar-refractivity contribution in [2.24, 2.45) is 17.8 Å². The summed E-state index contributed by atoms with van der Waals surface area (Å²) in [6.07, 6.45) is 26.0. The second-order valence-corrected chi connectivity index (χ2v) is 8.38. The van der Waals surface area contributed by atoms with Crippen molar-refractivity contribution in [3.8, 4) is 0 Å². The van der Waals surface area contributed by atoms with Crippen molar-refractivity contribution < 1.29 is 5.11 Å². The summed E-state index contributed by atoms with van der Waals surface area (Å²) >= 11 is 0. The van der Waals surface area contributed by atoms with E-state index in [2.05, 4.69) is 39.0 Å². The van der Waals surface area contributed by atoms with Crippen molar-refractivity contribution in [3.05, 3.63) is 23.8 Å². The second kappa shape index (κ2) is 15.5. The molecular weight excluding hydrogens is 316 g/mol. The van der Waals surface area contributed by atoms with Gasteiger partial charge in [-0.3, -0.25) is 0 Å². The van der Waals surface area contributed by atoms with E-state index in [0.717, 1.165) is 11.8 Å². The predicted octanol–water partition coefficient (Wildman–Crippen LogP) is 7.84. The lowest BCUT2D eigenvalue weighted by Gasteiger charge is -2.28. The molecule has 1 N–H and O–H groups in total. The summed E-state index contributed by atoms with van der Waals surface area (Å²) in [7, 11) is 0. The van der Waals surface area contributed by atoms with Gasteiger partial charge in [-0.1, -0.05) is 70.3 Å². The Bertz CT molecular complexity index is 370. The first-order valence-corrected chi connectivity index (χ1v) is 11.7. The molecule has 1 saturated carbocycles. The summed E-state index contributed by atoms with van der Waals surface area (Å²) in [6.45, 7) is 7.16. The van der Waals surface area contributed by atoms with E-state index in [4.69, 9.17) is 5.11 Å². The molecule has 0 aromatic carbocycles. The first-order chi connectivity index (χ1) is 12.7. The maximum atomic E-state index is 8.99. The third-order valence-electron chi connectivity index (χ3n) is 6.54. The largest absolute Gasteiger partial charge is 0.396 e.